The van der Waals surface area contributed by atoms with E-state index in [2.05, 4.69) is 23.9 Å². The van der Waals surface area contributed by atoms with Crippen molar-refractivity contribution in [1.82, 2.24) is 9.80 Å². The lowest BCUT2D eigenvalue weighted by Gasteiger charge is -2.36. The summed E-state index contributed by atoms with van der Waals surface area (Å²) in [7, 11) is 5.83. The summed E-state index contributed by atoms with van der Waals surface area (Å²) in [5, 5.41) is 9.59. The van der Waals surface area contributed by atoms with Gasteiger partial charge in [0, 0.05) is 19.0 Å². The highest BCUT2D eigenvalue weighted by Gasteiger charge is 2.22. The molecule has 1 aliphatic heterocycles. The van der Waals surface area contributed by atoms with Gasteiger partial charge in [0.05, 0.1) is 13.8 Å². The molecule has 0 aliphatic carbocycles. The molecule has 1 aliphatic rings. The lowest BCUT2D eigenvalue weighted by molar-refractivity contribution is 0.115. The summed E-state index contributed by atoms with van der Waals surface area (Å²) >= 11 is 0. The van der Waals surface area contributed by atoms with Crippen LogP contribution < -0.4 is 4.74 Å². The van der Waals surface area contributed by atoms with Gasteiger partial charge in [0.15, 0.2) is 11.5 Å². The van der Waals surface area contributed by atoms with E-state index in [1.54, 1.807) is 13.2 Å². The maximum atomic E-state index is 9.59. The van der Waals surface area contributed by atoms with Gasteiger partial charge in [-0.05, 0) is 31.8 Å². The molecule has 0 unspecified atom stereocenters. The summed E-state index contributed by atoms with van der Waals surface area (Å²) in [5.74, 6) is 1.22. The lowest BCUT2D eigenvalue weighted by Crippen LogP contribution is -2.44. The van der Waals surface area contributed by atoms with Crippen LogP contribution in [-0.4, -0.2) is 55.9 Å². The second-order valence-electron chi connectivity index (χ2n) is 4.85. The van der Waals surface area contributed by atoms with Gasteiger partial charge in [-0.1, -0.05) is 6.07 Å². The first kappa shape index (κ1) is 12.2. The Morgan fingerprint density at radius 3 is 2.47 bits per heavy atom. The van der Waals surface area contributed by atoms with Gasteiger partial charge >= 0.3 is 0 Å². The molecule has 1 aromatic carbocycles. The van der Waals surface area contributed by atoms with Crippen molar-refractivity contribution in [2.75, 3.05) is 41.0 Å². The van der Waals surface area contributed by atoms with Gasteiger partial charge in [0.25, 0.3) is 0 Å². The summed E-state index contributed by atoms with van der Waals surface area (Å²) in [6.45, 7) is 3.09. The molecule has 1 aromatic rings. The second-order valence-corrected chi connectivity index (χ2v) is 4.85. The van der Waals surface area contributed by atoms with Gasteiger partial charge in [-0.15, -0.1) is 0 Å². The Morgan fingerprint density at radius 2 is 1.88 bits per heavy atom. The molecule has 1 saturated heterocycles. The highest BCUT2D eigenvalue weighted by atomic mass is 16.5. The van der Waals surface area contributed by atoms with Crippen molar-refractivity contribution >= 4 is 0 Å². The van der Waals surface area contributed by atoms with Crippen LogP contribution in [0.25, 0.3) is 0 Å². The SMILES string of the molecule is COc1cc(C2CN(C)CN(C)C2)ccc1O. The number of hydrogen-bond acceptors (Lipinski definition) is 4. The first-order valence-electron chi connectivity index (χ1n) is 5.84. The van der Waals surface area contributed by atoms with E-state index in [9.17, 15) is 5.11 Å². The van der Waals surface area contributed by atoms with Crippen molar-refractivity contribution in [2.45, 2.75) is 5.92 Å². The van der Waals surface area contributed by atoms with Crippen molar-refractivity contribution in [1.29, 1.82) is 0 Å². The Balaban J connectivity index is 2.21. The molecular formula is C13H20N2O2. The number of rotatable bonds is 2. The summed E-state index contributed by atoms with van der Waals surface area (Å²) in [4.78, 5) is 4.60. The van der Waals surface area contributed by atoms with Crippen molar-refractivity contribution in [3.05, 3.63) is 23.8 Å². The Labute approximate surface area is 102 Å². The van der Waals surface area contributed by atoms with E-state index in [4.69, 9.17) is 4.74 Å². The molecule has 1 fully saturated rings. The van der Waals surface area contributed by atoms with Crippen molar-refractivity contribution in [2.24, 2.45) is 0 Å². The molecule has 0 bridgehead atoms. The van der Waals surface area contributed by atoms with E-state index in [1.165, 1.54) is 5.56 Å². The Kier molecular flexibility index (Phi) is 3.54. The number of phenols is 1. The zero-order valence-corrected chi connectivity index (χ0v) is 10.7. The van der Waals surface area contributed by atoms with Crippen LogP contribution >= 0.6 is 0 Å². The summed E-state index contributed by atoms with van der Waals surface area (Å²) < 4.78 is 5.15. The van der Waals surface area contributed by atoms with Crippen LogP contribution in [0.4, 0.5) is 0 Å². The lowest BCUT2D eigenvalue weighted by atomic mass is 9.96. The van der Waals surface area contributed by atoms with Gasteiger partial charge in [0.2, 0.25) is 0 Å². The summed E-state index contributed by atoms with van der Waals surface area (Å²) in [6, 6.07) is 5.63. The minimum absolute atomic E-state index is 0.203. The molecule has 0 radical (unpaired) electrons. The number of aromatic hydroxyl groups is 1. The predicted octanol–water partition coefficient (Wildman–Crippen LogP) is 1.32. The highest BCUT2D eigenvalue weighted by molar-refractivity contribution is 5.43. The third-order valence-electron chi connectivity index (χ3n) is 3.22. The molecule has 4 heteroatoms. The molecular weight excluding hydrogens is 216 g/mol. The Bertz CT molecular complexity index is 385. The molecule has 2 rings (SSSR count). The quantitative estimate of drug-likeness (QED) is 0.840. The molecule has 0 spiro atoms. The topological polar surface area (TPSA) is 35.9 Å². The fourth-order valence-electron chi connectivity index (χ4n) is 2.50. The Hall–Kier alpha value is -1.26. The van der Waals surface area contributed by atoms with Crippen LogP contribution in [0.15, 0.2) is 18.2 Å². The smallest absolute Gasteiger partial charge is 0.160 e. The standard InChI is InChI=1S/C13H20N2O2/c1-14-7-11(8-15(2)9-14)10-4-5-12(16)13(6-10)17-3/h4-6,11,16H,7-9H2,1-3H3. The zero-order chi connectivity index (χ0) is 12.4. The molecule has 0 atom stereocenters. The average Bonchev–Trinajstić information content (AvgIpc) is 2.28. The van der Waals surface area contributed by atoms with E-state index < -0.39 is 0 Å². The van der Waals surface area contributed by atoms with Crippen LogP contribution in [-0.2, 0) is 0 Å². The van der Waals surface area contributed by atoms with Crippen LogP contribution in [0.5, 0.6) is 11.5 Å². The van der Waals surface area contributed by atoms with Crippen LogP contribution in [0, 0.1) is 0 Å². The number of methoxy groups -OCH3 is 1. The van der Waals surface area contributed by atoms with Crippen LogP contribution in [0.2, 0.25) is 0 Å². The maximum Gasteiger partial charge on any atom is 0.160 e. The maximum absolute atomic E-state index is 9.59. The number of hydrogen-bond donors (Lipinski definition) is 1. The fourth-order valence-corrected chi connectivity index (χ4v) is 2.50. The van der Waals surface area contributed by atoms with E-state index in [0.717, 1.165) is 19.8 Å². The summed E-state index contributed by atoms with van der Waals surface area (Å²) in [6.07, 6.45) is 0. The third-order valence-corrected chi connectivity index (χ3v) is 3.22. The minimum atomic E-state index is 0.203. The fraction of sp³-hybridized carbons (Fsp3) is 0.538. The van der Waals surface area contributed by atoms with E-state index in [1.807, 2.05) is 12.1 Å². The van der Waals surface area contributed by atoms with Crippen molar-refractivity contribution in [3.63, 3.8) is 0 Å². The Morgan fingerprint density at radius 1 is 1.24 bits per heavy atom. The molecule has 1 N–H and O–H groups in total. The normalized spacial score (nSPS) is 19.5. The van der Waals surface area contributed by atoms with Gasteiger partial charge in [-0.25, -0.2) is 0 Å². The number of benzene rings is 1. The molecule has 94 valence electrons. The average molecular weight is 236 g/mol. The van der Waals surface area contributed by atoms with Crippen LogP contribution in [0.1, 0.15) is 11.5 Å². The molecule has 0 amide bonds. The van der Waals surface area contributed by atoms with E-state index in [0.29, 0.717) is 11.7 Å². The van der Waals surface area contributed by atoms with E-state index >= 15 is 0 Å². The predicted molar refractivity (Wildman–Crippen MR) is 67.5 cm³/mol. The molecule has 1 heterocycles. The molecule has 17 heavy (non-hydrogen) atoms. The monoisotopic (exact) mass is 236 g/mol. The minimum Gasteiger partial charge on any atom is -0.504 e. The zero-order valence-electron chi connectivity index (χ0n) is 10.7. The number of ether oxygens (including phenoxy) is 1. The van der Waals surface area contributed by atoms with Gasteiger partial charge in [-0.2, -0.15) is 0 Å². The third kappa shape index (κ3) is 2.70. The van der Waals surface area contributed by atoms with Gasteiger partial charge in [-0.3, -0.25) is 9.80 Å². The van der Waals surface area contributed by atoms with Crippen molar-refractivity contribution < 1.29 is 9.84 Å². The first-order valence-corrected chi connectivity index (χ1v) is 5.84. The second kappa shape index (κ2) is 4.94. The van der Waals surface area contributed by atoms with Crippen LogP contribution in [0.3, 0.4) is 0 Å². The summed E-state index contributed by atoms with van der Waals surface area (Å²) in [5.41, 5.74) is 1.22. The van der Waals surface area contributed by atoms with E-state index in [-0.39, 0.29) is 5.75 Å². The van der Waals surface area contributed by atoms with Gasteiger partial charge < -0.3 is 9.84 Å². The molecule has 0 aromatic heterocycles. The number of phenolic OH excluding ortho intramolecular Hbond substituents is 1. The van der Waals surface area contributed by atoms with Gasteiger partial charge in [0.1, 0.15) is 0 Å². The first-order chi connectivity index (χ1) is 8.10. The van der Waals surface area contributed by atoms with Crippen molar-refractivity contribution in [3.8, 4) is 11.5 Å². The number of likely N-dealkylation sites (N-methyl/N-ethyl adjacent to an activating group) is 2. The highest BCUT2D eigenvalue weighted by Crippen LogP contribution is 2.31. The molecule has 4 nitrogen and oxygen atoms in total. The largest absolute Gasteiger partial charge is 0.504 e. The number of nitrogens with zero attached hydrogens (tertiary/aromatic N) is 2. The molecule has 0 saturated carbocycles.